The van der Waals surface area contributed by atoms with Gasteiger partial charge in [-0.25, -0.2) is 26.3 Å². The summed E-state index contributed by atoms with van der Waals surface area (Å²) in [5.74, 6) is -8.07. The van der Waals surface area contributed by atoms with Gasteiger partial charge in [0.05, 0.1) is 6.54 Å². The summed E-state index contributed by atoms with van der Waals surface area (Å²) in [7, 11) is 0. The molecule has 2 aromatic rings. The first-order chi connectivity index (χ1) is 14.6. The topological polar surface area (TPSA) is 20.3 Å². The quantitative estimate of drug-likeness (QED) is 0.571. The molecule has 2 atom stereocenters. The highest BCUT2D eigenvalue weighted by molar-refractivity contribution is 5.80. The number of hydrogen-bond donors (Lipinski definition) is 0. The zero-order chi connectivity index (χ0) is 22.5. The van der Waals surface area contributed by atoms with Gasteiger partial charge in [-0.2, -0.15) is 0 Å². The van der Waals surface area contributed by atoms with Crippen LogP contribution in [0, 0.1) is 29.3 Å². The molecule has 1 saturated carbocycles. The number of rotatable bonds is 4. The van der Waals surface area contributed by atoms with Gasteiger partial charge in [0.25, 0.3) is 5.92 Å². The molecule has 0 aromatic heterocycles. The Morgan fingerprint density at radius 2 is 1.74 bits per heavy atom. The molecule has 1 aliphatic carbocycles. The smallest absolute Gasteiger partial charge is 0.269 e. The molecule has 4 rings (SSSR count). The average molecular weight is 441 g/mol. The van der Waals surface area contributed by atoms with E-state index in [9.17, 15) is 26.7 Å². The van der Waals surface area contributed by atoms with Crippen molar-refractivity contribution >= 4 is 5.91 Å². The molecule has 0 unspecified atom stereocenters. The number of likely N-dealkylation sites (tertiary alicyclic amines) is 1. The molecule has 1 aliphatic heterocycles. The number of hydrogen-bond acceptors (Lipinski definition) is 1. The summed E-state index contributed by atoms with van der Waals surface area (Å²) in [4.78, 5) is 13.8. The van der Waals surface area contributed by atoms with Crippen molar-refractivity contribution in [2.45, 2.75) is 44.3 Å². The summed E-state index contributed by atoms with van der Waals surface area (Å²) in [5.41, 5.74) is -0.0185. The molecule has 1 amide bonds. The van der Waals surface area contributed by atoms with Gasteiger partial charge in [-0.3, -0.25) is 4.79 Å². The van der Waals surface area contributed by atoms with Crippen LogP contribution in [-0.4, -0.2) is 35.5 Å². The summed E-state index contributed by atoms with van der Waals surface area (Å²) < 4.78 is 84.5. The van der Waals surface area contributed by atoms with E-state index < -0.39 is 59.9 Å². The number of halogens is 6. The lowest BCUT2D eigenvalue weighted by atomic mass is 9.82. The highest BCUT2D eigenvalue weighted by Gasteiger charge is 2.55. The second-order valence-electron chi connectivity index (χ2n) is 8.49. The fourth-order valence-corrected chi connectivity index (χ4v) is 4.45. The van der Waals surface area contributed by atoms with E-state index in [1.807, 2.05) is 0 Å². The minimum Gasteiger partial charge on any atom is -0.333 e. The van der Waals surface area contributed by atoms with Crippen molar-refractivity contribution < 1.29 is 31.1 Å². The van der Waals surface area contributed by atoms with E-state index in [0.717, 1.165) is 17.0 Å². The molecule has 1 heterocycles. The van der Waals surface area contributed by atoms with Crippen LogP contribution in [0.25, 0.3) is 11.1 Å². The second kappa shape index (κ2) is 7.88. The summed E-state index contributed by atoms with van der Waals surface area (Å²) in [6, 6.07) is 5.88. The molecule has 2 aliphatic rings. The van der Waals surface area contributed by atoms with E-state index in [0.29, 0.717) is 6.07 Å². The summed E-state index contributed by atoms with van der Waals surface area (Å²) in [5, 5.41) is 0. The molecular weight excluding hydrogens is 420 g/mol. The van der Waals surface area contributed by atoms with Gasteiger partial charge >= 0.3 is 0 Å². The molecule has 0 bridgehead atoms. The van der Waals surface area contributed by atoms with E-state index in [4.69, 9.17) is 0 Å². The van der Waals surface area contributed by atoms with Crippen LogP contribution in [0.15, 0.2) is 36.4 Å². The number of amides is 1. The van der Waals surface area contributed by atoms with E-state index in [2.05, 4.69) is 0 Å². The summed E-state index contributed by atoms with van der Waals surface area (Å²) >= 11 is 0. The normalized spacial score (nSPS) is 27.3. The van der Waals surface area contributed by atoms with Crippen LogP contribution in [0.4, 0.5) is 26.3 Å². The molecule has 2 fully saturated rings. The van der Waals surface area contributed by atoms with Crippen molar-refractivity contribution in [1.82, 2.24) is 4.90 Å². The highest BCUT2D eigenvalue weighted by Crippen LogP contribution is 2.42. The van der Waals surface area contributed by atoms with Crippen molar-refractivity contribution in [3.8, 4) is 11.1 Å². The average Bonchev–Trinajstić information content (AvgIpc) is 2.89. The first-order valence-electron chi connectivity index (χ1n) is 10.1. The van der Waals surface area contributed by atoms with Gasteiger partial charge in [-0.15, -0.1) is 0 Å². The predicted molar refractivity (Wildman–Crippen MR) is 103 cm³/mol. The van der Waals surface area contributed by atoms with Crippen LogP contribution in [0.1, 0.15) is 25.3 Å². The Bertz CT molecular complexity index is 983. The van der Waals surface area contributed by atoms with E-state index in [1.165, 1.54) is 25.1 Å². The van der Waals surface area contributed by atoms with E-state index >= 15 is 4.39 Å². The fourth-order valence-electron chi connectivity index (χ4n) is 4.45. The molecule has 8 heteroatoms. The summed E-state index contributed by atoms with van der Waals surface area (Å²) in [6.45, 7) is 0.516. The van der Waals surface area contributed by atoms with Crippen molar-refractivity contribution in [2.24, 2.45) is 11.8 Å². The third-order valence-corrected chi connectivity index (χ3v) is 6.42. The van der Waals surface area contributed by atoms with Crippen molar-refractivity contribution in [3.63, 3.8) is 0 Å². The zero-order valence-corrected chi connectivity index (χ0v) is 16.7. The summed E-state index contributed by atoms with van der Waals surface area (Å²) in [6.07, 6.45) is -1.27. The van der Waals surface area contributed by atoms with E-state index in [-0.39, 0.29) is 36.0 Å². The van der Waals surface area contributed by atoms with Gasteiger partial charge in [0.1, 0.15) is 23.6 Å². The van der Waals surface area contributed by atoms with Crippen LogP contribution in [0.5, 0.6) is 0 Å². The lowest BCUT2D eigenvalue weighted by molar-refractivity contribution is -0.142. The minimum atomic E-state index is -3.15. The Morgan fingerprint density at radius 3 is 2.35 bits per heavy atom. The van der Waals surface area contributed by atoms with Gasteiger partial charge in [0, 0.05) is 29.5 Å². The van der Waals surface area contributed by atoms with Crippen molar-refractivity contribution in [1.29, 1.82) is 0 Å². The molecule has 1 saturated heterocycles. The minimum absolute atomic E-state index is 0.0109. The third-order valence-electron chi connectivity index (χ3n) is 6.42. The van der Waals surface area contributed by atoms with Crippen LogP contribution < -0.4 is 0 Å². The predicted octanol–water partition coefficient (Wildman–Crippen LogP) is 5.54. The maximum Gasteiger partial charge on any atom is 0.269 e. The maximum atomic E-state index is 15.2. The Balaban J connectivity index is 1.64. The molecule has 166 valence electrons. The second-order valence-corrected chi connectivity index (χ2v) is 8.49. The fraction of sp³-hybridized carbons (Fsp3) is 0.435. The number of alkyl halides is 3. The van der Waals surface area contributed by atoms with Crippen molar-refractivity contribution in [3.05, 3.63) is 59.4 Å². The van der Waals surface area contributed by atoms with Gasteiger partial charge in [0.2, 0.25) is 5.91 Å². The molecule has 2 aromatic carbocycles. The highest BCUT2D eigenvalue weighted by atomic mass is 19.3. The van der Waals surface area contributed by atoms with Crippen LogP contribution in [0.2, 0.25) is 0 Å². The van der Waals surface area contributed by atoms with Gasteiger partial charge in [-0.05, 0) is 42.5 Å². The molecule has 0 spiro atoms. The van der Waals surface area contributed by atoms with Gasteiger partial charge < -0.3 is 4.90 Å². The lowest BCUT2D eigenvalue weighted by Crippen LogP contribution is -2.46. The molecular formula is C23H21F6NO. The molecule has 31 heavy (non-hydrogen) atoms. The first-order valence-corrected chi connectivity index (χ1v) is 10.1. The maximum absolute atomic E-state index is 15.2. The monoisotopic (exact) mass is 441 g/mol. The Morgan fingerprint density at radius 1 is 1.10 bits per heavy atom. The number of carbonyl (C=O) groups excluding carboxylic acids is 1. The Kier molecular flexibility index (Phi) is 5.52. The molecule has 2 nitrogen and oxygen atoms in total. The third kappa shape index (κ3) is 4.04. The van der Waals surface area contributed by atoms with Crippen LogP contribution >= 0.6 is 0 Å². The van der Waals surface area contributed by atoms with Crippen molar-refractivity contribution in [2.75, 3.05) is 6.54 Å². The Labute approximate surface area is 175 Å². The van der Waals surface area contributed by atoms with Gasteiger partial charge in [0.15, 0.2) is 0 Å². The number of benzene rings is 2. The number of nitrogens with zero attached hydrogens (tertiary/aromatic N) is 1. The zero-order valence-electron chi connectivity index (χ0n) is 16.7. The number of carbonyl (C=O) groups is 1. The standard InChI is InChI=1S/C23H21F6NO/c1-12-20(30(11-23(12,28)29)22(31)15-7-16(24)8-15)9-13-3-2-4-19(21(13)27)14-5-17(25)10-18(26)6-14/h2-6,10,12,15-16,20H,7-9,11H2,1H3/t12-,15-,16+,20+/m1/s1. The van der Waals surface area contributed by atoms with E-state index in [1.54, 1.807) is 0 Å². The SMILES string of the molecule is C[C@@H]1[C@H](Cc2cccc(-c3cc(F)cc(F)c3)c2F)N(C(=O)[C@H]2C[C@@H](F)C2)CC1(F)F. The van der Waals surface area contributed by atoms with Gasteiger partial charge in [-0.1, -0.05) is 25.1 Å². The largest absolute Gasteiger partial charge is 0.333 e. The molecule has 0 N–H and O–H groups in total. The lowest BCUT2D eigenvalue weighted by Gasteiger charge is -2.35. The van der Waals surface area contributed by atoms with Crippen LogP contribution in [-0.2, 0) is 11.2 Å². The first kappa shape index (κ1) is 21.7. The molecule has 0 radical (unpaired) electrons. The van der Waals surface area contributed by atoms with Crippen LogP contribution in [0.3, 0.4) is 0 Å². The Hall–Kier alpha value is -2.51.